The summed E-state index contributed by atoms with van der Waals surface area (Å²) in [6.45, 7) is 7.10. The van der Waals surface area contributed by atoms with Gasteiger partial charge in [-0.25, -0.2) is 14.8 Å². The van der Waals surface area contributed by atoms with Crippen molar-refractivity contribution in [3.05, 3.63) is 72.4 Å². The summed E-state index contributed by atoms with van der Waals surface area (Å²) in [5.74, 6) is 1.83. The van der Waals surface area contributed by atoms with Crippen LogP contribution in [0.15, 0.2) is 61.3 Å². The van der Waals surface area contributed by atoms with Crippen LogP contribution in [0.1, 0.15) is 43.7 Å². The zero-order chi connectivity index (χ0) is 24.3. The number of ether oxygens (including phenoxy) is 1. The van der Waals surface area contributed by atoms with Gasteiger partial charge in [-0.15, -0.1) is 0 Å². The molecule has 1 aliphatic rings. The zero-order valence-corrected chi connectivity index (χ0v) is 20.6. The predicted octanol–water partition coefficient (Wildman–Crippen LogP) is 4.47. The molecule has 3 heterocycles. The van der Waals surface area contributed by atoms with E-state index in [1.54, 1.807) is 12.5 Å². The van der Waals surface area contributed by atoms with Crippen molar-refractivity contribution in [2.24, 2.45) is 0 Å². The lowest BCUT2D eigenvalue weighted by molar-refractivity contribution is 0.193. The number of carbonyl (C=O) groups is 1. The first-order valence-corrected chi connectivity index (χ1v) is 12.6. The summed E-state index contributed by atoms with van der Waals surface area (Å²) in [6.07, 6.45) is 11.9. The molecule has 0 bridgehead atoms. The summed E-state index contributed by atoms with van der Waals surface area (Å²) >= 11 is 0. The molecule has 1 aromatic carbocycles. The summed E-state index contributed by atoms with van der Waals surface area (Å²) in [4.78, 5) is 26.3. The van der Waals surface area contributed by atoms with Gasteiger partial charge in [0.2, 0.25) is 0 Å². The standard InChI is InChI=1S/C27H36N6O2/c1-2-35-25-11-9-23(10-12-25)21-33(18-7-15-31-19-14-28-22-31)27(34)30-20-24-8-6-13-29-26(24)32-16-4-3-5-17-32/h6,8-14,19,22H,2-5,7,15-18,20-21H2,1H3,(H,30,34). The fourth-order valence-corrected chi connectivity index (χ4v) is 4.44. The molecule has 0 atom stereocenters. The van der Waals surface area contributed by atoms with Crippen LogP contribution in [0.2, 0.25) is 0 Å². The fourth-order valence-electron chi connectivity index (χ4n) is 4.44. The van der Waals surface area contributed by atoms with E-state index in [-0.39, 0.29) is 6.03 Å². The smallest absolute Gasteiger partial charge is 0.317 e. The second-order valence-electron chi connectivity index (χ2n) is 8.85. The van der Waals surface area contributed by atoms with Gasteiger partial charge in [0.15, 0.2) is 0 Å². The molecule has 1 saturated heterocycles. The Labute approximate surface area is 207 Å². The normalized spacial score (nSPS) is 13.5. The number of imidazole rings is 1. The molecule has 2 aromatic heterocycles. The number of amides is 2. The summed E-state index contributed by atoms with van der Waals surface area (Å²) in [5, 5.41) is 3.15. The third kappa shape index (κ3) is 7.21. The van der Waals surface area contributed by atoms with Crippen LogP contribution in [0.4, 0.5) is 10.6 Å². The molecule has 3 aromatic rings. The van der Waals surface area contributed by atoms with Crippen LogP contribution in [-0.2, 0) is 19.6 Å². The van der Waals surface area contributed by atoms with Crippen LogP contribution in [-0.4, -0.2) is 51.7 Å². The van der Waals surface area contributed by atoms with E-state index in [0.29, 0.717) is 26.2 Å². The molecule has 1 N–H and O–H groups in total. The van der Waals surface area contributed by atoms with Crippen LogP contribution >= 0.6 is 0 Å². The summed E-state index contributed by atoms with van der Waals surface area (Å²) in [6, 6.07) is 11.9. The number of aromatic nitrogens is 3. The van der Waals surface area contributed by atoms with Crippen LogP contribution < -0.4 is 15.0 Å². The number of hydrogen-bond acceptors (Lipinski definition) is 5. The second-order valence-corrected chi connectivity index (χ2v) is 8.85. The van der Waals surface area contributed by atoms with E-state index in [9.17, 15) is 4.79 Å². The molecule has 0 aliphatic carbocycles. The van der Waals surface area contributed by atoms with Gasteiger partial charge in [-0.1, -0.05) is 18.2 Å². The van der Waals surface area contributed by atoms with Gasteiger partial charge in [0.25, 0.3) is 0 Å². The first kappa shape index (κ1) is 24.6. The molecular formula is C27H36N6O2. The van der Waals surface area contributed by atoms with E-state index in [0.717, 1.165) is 48.7 Å². The van der Waals surface area contributed by atoms with Gasteiger partial charge < -0.3 is 24.4 Å². The lowest BCUT2D eigenvalue weighted by Gasteiger charge is -2.29. The number of nitrogens with zero attached hydrogens (tertiary/aromatic N) is 5. The maximum atomic E-state index is 13.3. The second kappa shape index (κ2) is 12.8. The van der Waals surface area contributed by atoms with Crippen molar-refractivity contribution in [1.82, 2.24) is 24.8 Å². The number of pyridine rings is 1. The van der Waals surface area contributed by atoms with Gasteiger partial charge in [-0.2, -0.15) is 0 Å². The highest BCUT2D eigenvalue weighted by Crippen LogP contribution is 2.21. The van der Waals surface area contributed by atoms with Crippen LogP contribution in [0.3, 0.4) is 0 Å². The average Bonchev–Trinajstić information content (AvgIpc) is 3.42. The van der Waals surface area contributed by atoms with E-state index in [1.165, 1.54) is 19.3 Å². The Kier molecular flexibility index (Phi) is 8.98. The van der Waals surface area contributed by atoms with Crippen molar-refractivity contribution < 1.29 is 9.53 Å². The van der Waals surface area contributed by atoms with E-state index < -0.39 is 0 Å². The molecule has 2 amide bonds. The Morgan fingerprint density at radius 1 is 1.11 bits per heavy atom. The number of anilines is 1. The number of benzene rings is 1. The monoisotopic (exact) mass is 476 g/mol. The third-order valence-electron chi connectivity index (χ3n) is 6.25. The van der Waals surface area contributed by atoms with Crippen molar-refractivity contribution in [1.29, 1.82) is 0 Å². The first-order chi connectivity index (χ1) is 17.2. The number of urea groups is 1. The first-order valence-electron chi connectivity index (χ1n) is 12.6. The highest BCUT2D eigenvalue weighted by atomic mass is 16.5. The van der Waals surface area contributed by atoms with Crippen molar-refractivity contribution in [2.45, 2.75) is 52.2 Å². The molecular weight excluding hydrogens is 440 g/mol. The lowest BCUT2D eigenvalue weighted by Crippen LogP contribution is -2.40. The molecule has 4 rings (SSSR count). The van der Waals surface area contributed by atoms with Crippen molar-refractivity contribution in [3.63, 3.8) is 0 Å². The summed E-state index contributed by atoms with van der Waals surface area (Å²) in [5.41, 5.74) is 2.13. The Bertz CT molecular complexity index is 1030. The Balaban J connectivity index is 1.40. The average molecular weight is 477 g/mol. The van der Waals surface area contributed by atoms with Crippen LogP contribution in [0, 0.1) is 0 Å². The number of nitrogens with one attached hydrogen (secondary N) is 1. The van der Waals surface area contributed by atoms with Gasteiger partial charge in [0.1, 0.15) is 11.6 Å². The van der Waals surface area contributed by atoms with Gasteiger partial charge in [-0.3, -0.25) is 0 Å². The minimum absolute atomic E-state index is 0.0713. The SMILES string of the molecule is CCOc1ccc(CN(CCCn2ccnc2)C(=O)NCc2cccnc2N2CCCCC2)cc1. The Hall–Kier alpha value is -3.55. The molecule has 186 valence electrons. The largest absolute Gasteiger partial charge is 0.494 e. The van der Waals surface area contributed by atoms with Crippen molar-refractivity contribution in [2.75, 3.05) is 31.1 Å². The number of hydrogen-bond donors (Lipinski definition) is 1. The van der Waals surface area contributed by atoms with E-state index in [4.69, 9.17) is 4.74 Å². The predicted molar refractivity (Wildman–Crippen MR) is 137 cm³/mol. The Morgan fingerprint density at radius 2 is 1.94 bits per heavy atom. The quantitative estimate of drug-likeness (QED) is 0.442. The van der Waals surface area contributed by atoms with E-state index in [1.807, 2.05) is 59.1 Å². The number of piperidine rings is 1. The fraction of sp³-hybridized carbons (Fsp3) is 0.444. The highest BCUT2D eigenvalue weighted by Gasteiger charge is 2.18. The van der Waals surface area contributed by atoms with Crippen molar-refractivity contribution >= 4 is 11.8 Å². The maximum Gasteiger partial charge on any atom is 0.317 e. The molecule has 35 heavy (non-hydrogen) atoms. The van der Waals surface area contributed by atoms with Crippen molar-refractivity contribution in [3.8, 4) is 5.75 Å². The van der Waals surface area contributed by atoms with Gasteiger partial charge in [0.05, 0.1) is 12.9 Å². The molecule has 1 fully saturated rings. The maximum absolute atomic E-state index is 13.3. The number of rotatable bonds is 11. The molecule has 8 nitrogen and oxygen atoms in total. The number of carbonyl (C=O) groups excluding carboxylic acids is 1. The van der Waals surface area contributed by atoms with E-state index >= 15 is 0 Å². The Morgan fingerprint density at radius 3 is 2.69 bits per heavy atom. The molecule has 0 saturated carbocycles. The minimum Gasteiger partial charge on any atom is -0.494 e. The van der Waals surface area contributed by atoms with Crippen LogP contribution in [0.5, 0.6) is 5.75 Å². The number of aryl methyl sites for hydroxylation is 1. The topological polar surface area (TPSA) is 75.5 Å². The van der Waals surface area contributed by atoms with Crippen LogP contribution in [0.25, 0.3) is 0 Å². The summed E-state index contributed by atoms with van der Waals surface area (Å²) < 4.78 is 7.59. The zero-order valence-electron chi connectivity index (χ0n) is 20.6. The van der Waals surface area contributed by atoms with Gasteiger partial charge in [0, 0.05) is 63.4 Å². The minimum atomic E-state index is -0.0713. The summed E-state index contributed by atoms with van der Waals surface area (Å²) in [7, 11) is 0. The molecule has 0 spiro atoms. The highest BCUT2D eigenvalue weighted by molar-refractivity contribution is 5.74. The molecule has 0 unspecified atom stereocenters. The lowest BCUT2D eigenvalue weighted by atomic mass is 10.1. The molecule has 8 heteroatoms. The third-order valence-corrected chi connectivity index (χ3v) is 6.25. The molecule has 1 aliphatic heterocycles. The van der Waals surface area contributed by atoms with Gasteiger partial charge >= 0.3 is 6.03 Å². The van der Waals surface area contributed by atoms with Gasteiger partial charge in [-0.05, 0) is 56.4 Å². The molecule has 0 radical (unpaired) electrons. The van der Waals surface area contributed by atoms with E-state index in [2.05, 4.69) is 26.3 Å².